The minimum Gasteiger partial charge on any atom is -0.456 e. The van der Waals surface area contributed by atoms with Crippen LogP contribution in [-0.4, -0.2) is 13.7 Å². The Morgan fingerprint density at radius 1 is 0.171 bits per heavy atom. The van der Waals surface area contributed by atoms with Gasteiger partial charge in [-0.15, -0.1) is 11.3 Å². The van der Waals surface area contributed by atoms with Crippen molar-refractivity contribution in [2.45, 2.75) is 0 Å². The van der Waals surface area contributed by atoms with Gasteiger partial charge in [0.15, 0.2) is 0 Å². The molecule has 16 nitrogen and oxygen atoms in total. The molecule has 0 N–H and O–H groups in total. The summed E-state index contributed by atoms with van der Waals surface area (Å²) in [6.45, 7) is 0. The van der Waals surface area contributed by atoms with Gasteiger partial charge in [0, 0.05) is 118 Å². The van der Waals surface area contributed by atoms with E-state index in [-0.39, 0.29) is 0 Å². The van der Waals surface area contributed by atoms with Crippen LogP contribution in [0.3, 0.4) is 0 Å². The number of nitriles is 9. The van der Waals surface area contributed by atoms with E-state index in [0.717, 1.165) is 220 Å². The Kier molecular flexibility index (Phi) is 19.8. The van der Waals surface area contributed by atoms with Gasteiger partial charge in [-0.2, -0.15) is 47.4 Å². The van der Waals surface area contributed by atoms with Crippen molar-refractivity contribution in [3.05, 3.63) is 426 Å². The van der Waals surface area contributed by atoms with Gasteiger partial charge in [-0.05, 0) is 300 Å². The Morgan fingerprint density at radius 3 is 0.871 bits per heavy atom. The quantitative estimate of drug-likeness (QED) is 0.144. The molecule has 19 aromatic carbocycles. The Labute approximate surface area is 800 Å². The van der Waals surface area contributed by atoms with Crippen LogP contribution >= 0.6 is 11.3 Å². The summed E-state index contributed by atoms with van der Waals surface area (Å²) in [6.07, 6.45) is 0. The van der Waals surface area contributed by atoms with E-state index < -0.39 is 0 Å². The van der Waals surface area contributed by atoms with Crippen molar-refractivity contribution in [3.8, 4) is 116 Å². The molecule has 0 radical (unpaired) electrons. The van der Waals surface area contributed by atoms with Gasteiger partial charge in [-0.25, -0.2) is 0 Å². The van der Waals surface area contributed by atoms with Gasteiger partial charge in [-0.3, -0.25) is 0 Å². The van der Waals surface area contributed by atoms with Crippen LogP contribution in [-0.2, 0) is 0 Å². The van der Waals surface area contributed by atoms with Crippen molar-refractivity contribution in [1.82, 2.24) is 13.7 Å². The lowest BCUT2D eigenvalue weighted by atomic mass is 9.97. The molecule has 27 aromatic rings. The number of fused-ring (bicyclic) bond motifs is 24. The van der Waals surface area contributed by atoms with Crippen LogP contribution in [0.4, 0.5) is 0 Å². The molecule has 0 saturated carbocycles. The molecule has 8 heterocycles. The van der Waals surface area contributed by atoms with Crippen LogP contribution in [0.15, 0.2) is 394 Å². The zero-order valence-electron chi connectivity index (χ0n) is 73.7. The smallest absolute Gasteiger partial charge is 0.143 e. The SMILES string of the molecule is N#Cc1ccc2c(c1)c1cc(C#N)ccc1n2-c1cccc(-c2ccc3oc4ccccc4c3c2)c1.N#Cc1ccc2c(c1)c1cc(C#N)ccc1n2-c1cccc(-c2cccc3c2oc2ccccc23)c1.N#Cc1ccc2oc3ccc(-c4cccc(-c5ccc6sc7ccc(C#N)cc7c6c5)c4)cc3c2c1.N#Cc1ccc2oc3ccc(-n4c5ccc(C#N)cc5c5cc(C#N)ccc54)cc3c2c1. The number of aromatic nitrogens is 3. The van der Waals surface area contributed by atoms with Gasteiger partial charge in [0.25, 0.3) is 0 Å². The van der Waals surface area contributed by atoms with E-state index >= 15 is 0 Å². The summed E-state index contributed by atoms with van der Waals surface area (Å²) >= 11 is 1.75. The van der Waals surface area contributed by atoms with E-state index in [1.165, 1.54) is 14.8 Å². The Balaban J connectivity index is 0.000000101. The van der Waals surface area contributed by atoms with Gasteiger partial charge in [0.1, 0.15) is 44.7 Å². The molecule has 0 aliphatic heterocycles. The standard InChI is InChI=1S/2C32H17N3O.C32H16N2OS.C27H12N4O/c33-18-20-11-13-29-27(15-20)28-16-21(19-34)12-14-30(28)35(29)23-6-3-5-22(17-23)24-8-4-9-26-25-7-1-2-10-31(25)36-32(24)26;33-18-20-8-11-29-26(14-20)27-15-21(19-34)9-12-30(27)35(29)24-5-3-4-22(16-24)23-10-13-32-28(17-23)25-6-1-2-7-31(25)36-32;33-17-19-4-8-29-25(12-19)26-15-23(6-9-30(26)35-29)21-2-1-3-22(14-21)24-7-11-32-28(16-24)27-13-20(18-34)5-10-31(27)36-32;28-13-16-1-5-24-20(9-16)21-10-17(14-29)2-6-25(21)31(24)19-4-8-27-23(12-19)22-11-18(15-30)3-7-26(22)32-27/h2*1-17H;1-16H;1-12H. The van der Waals surface area contributed by atoms with Crippen molar-refractivity contribution in [2.24, 2.45) is 0 Å². The Hall–Kier alpha value is -20.6. The third-order valence-electron chi connectivity index (χ3n) is 26.3. The summed E-state index contributed by atoms with van der Waals surface area (Å²) in [4.78, 5) is 0. The molecule has 644 valence electrons. The number of hydrogen-bond acceptors (Lipinski definition) is 14. The number of hydrogen-bond donors (Lipinski definition) is 0. The average molecular weight is 1800 g/mol. The highest BCUT2D eigenvalue weighted by Gasteiger charge is 2.23. The van der Waals surface area contributed by atoms with Crippen molar-refractivity contribution in [2.75, 3.05) is 0 Å². The first-order valence-electron chi connectivity index (χ1n) is 44.8. The molecule has 0 saturated heterocycles. The van der Waals surface area contributed by atoms with Crippen LogP contribution in [0.5, 0.6) is 0 Å². The Morgan fingerprint density at radius 2 is 0.436 bits per heavy atom. The third kappa shape index (κ3) is 14.1. The fourth-order valence-electron chi connectivity index (χ4n) is 19.7. The average Bonchev–Trinajstić information content (AvgIpc) is 1.58. The minimum absolute atomic E-state index is 0.569. The first kappa shape index (κ1) is 82.6. The van der Waals surface area contributed by atoms with Crippen LogP contribution in [0, 0.1) is 102 Å². The maximum absolute atomic E-state index is 9.48. The van der Waals surface area contributed by atoms with Crippen LogP contribution in [0.2, 0.25) is 0 Å². The lowest BCUT2D eigenvalue weighted by Crippen LogP contribution is -1.94. The van der Waals surface area contributed by atoms with Gasteiger partial charge >= 0.3 is 0 Å². The topological polar surface area (TPSA) is 281 Å². The molecule has 0 unspecified atom stereocenters. The van der Waals surface area contributed by atoms with Crippen molar-refractivity contribution >= 4 is 185 Å². The Bertz CT molecular complexity index is 10100. The summed E-state index contributed by atoms with van der Waals surface area (Å²) < 4.78 is 33.2. The highest BCUT2D eigenvalue weighted by Crippen LogP contribution is 2.45. The largest absolute Gasteiger partial charge is 0.456 e. The third-order valence-corrected chi connectivity index (χ3v) is 27.4. The second kappa shape index (κ2) is 33.6. The second-order valence-corrected chi connectivity index (χ2v) is 35.3. The maximum atomic E-state index is 9.48. The summed E-state index contributed by atoms with van der Waals surface area (Å²) in [6, 6.07) is 144. The molecular formula is C123H62N12O4S. The highest BCUT2D eigenvalue weighted by molar-refractivity contribution is 7.25. The molecule has 0 atom stereocenters. The van der Waals surface area contributed by atoms with Gasteiger partial charge in [0.2, 0.25) is 0 Å². The first-order chi connectivity index (χ1) is 68.9. The number of thiophene rings is 1. The molecule has 0 aliphatic rings. The fourth-order valence-corrected chi connectivity index (χ4v) is 20.8. The highest BCUT2D eigenvalue weighted by atomic mass is 32.1. The van der Waals surface area contributed by atoms with Crippen molar-refractivity contribution in [1.29, 1.82) is 47.4 Å². The van der Waals surface area contributed by atoms with Gasteiger partial charge in [-0.1, -0.05) is 115 Å². The zero-order chi connectivity index (χ0) is 94.5. The van der Waals surface area contributed by atoms with Crippen molar-refractivity contribution < 1.29 is 17.7 Å². The molecule has 0 spiro atoms. The van der Waals surface area contributed by atoms with Gasteiger partial charge < -0.3 is 31.4 Å². The van der Waals surface area contributed by atoms with Crippen LogP contribution < -0.4 is 0 Å². The second-order valence-electron chi connectivity index (χ2n) is 34.2. The lowest BCUT2D eigenvalue weighted by molar-refractivity contribution is 0.668. The molecule has 140 heavy (non-hydrogen) atoms. The number of nitrogens with zero attached hydrogens (tertiary/aromatic N) is 12. The molecular weight excluding hydrogens is 1740 g/mol. The monoisotopic (exact) mass is 1800 g/mol. The summed E-state index contributed by atoms with van der Waals surface area (Å²) in [5, 5.41) is 101. The molecule has 27 rings (SSSR count). The van der Waals surface area contributed by atoms with E-state index in [1.807, 2.05) is 200 Å². The number of benzene rings is 19. The van der Waals surface area contributed by atoms with Crippen LogP contribution in [0.1, 0.15) is 50.1 Å². The van der Waals surface area contributed by atoms with E-state index in [9.17, 15) is 47.4 Å². The number of furan rings is 4. The van der Waals surface area contributed by atoms with Crippen molar-refractivity contribution in [3.63, 3.8) is 0 Å². The lowest BCUT2D eigenvalue weighted by Gasteiger charge is -2.11. The maximum Gasteiger partial charge on any atom is 0.143 e. The summed E-state index contributed by atoms with van der Waals surface area (Å²) in [7, 11) is 0. The molecule has 0 fully saturated rings. The predicted octanol–water partition coefficient (Wildman–Crippen LogP) is 31.5. The first-order valence-corrected chi connectivity index (χ1v) is 45.6. The van der Waals surface area contributed by atoms with E-state index in [0.29, 0.717) is 50.1 Å². The van der Waals surface area contributed by atoms with E-state index in [4.69, 9.17) is 17.7 Å². The van der Waals surface area contributed by atoms with E-state index in [2.05, 4.69) is 220 Å². The predicted molar refractivity (Wildman–Crippen MR) is 555 cm³/mol. The zero-order valence-corrected chi connectivity index (χ0v) is 74.5. The number of para-hydroxylation sites is 3. The molecule has 0 aliphatic carbocycles. The summed E-state index contributed by atoms with van der Waals surface area (Å²) in [5.41, 5.74) is 29.5. The van der Waals surface area contributed by atoms with Gasteiger partial charge in [0.05, 0.1) is 138 Å². The molecule has 0 bridgehead atoms. The molecule has 0 amide bonds. The fraction of sp³-hybridized carbons (Fsp3) is 0. The molecule has 17 heteroatoms. The number of rotatable bonds is 7. The minimum atomic E-state index is 0.569. The van der Waals surface area contributed by atoms with E-state index in [1.54, 1.807) is 35.6 Å². The summed E-state index contributed by atoms with van der Waals surface area (Å²) in [5.74, 6) is 0. The molecule has 8 aromatic heterocycles. The van der Waals surface area contributed by atoms with Crippen LogP contribution in [0.25, 0.3) is 235 Å². The normalized spacial score (nSPS) is 11.2.